The molecule has 3 rings (SSSR count). The van der Waals surface area contributed by atoms with Gasteiger partial charge in [-0.25, -0.2) is 0 Å². The van der Waals surface area contributed by atoms with Crippen LogP contribution in [0.2, 0.25) is 0 Å². The molecule has 0 aliphatic carbocycles. The summed E-state index contributed by atoms with van der Waals surface area (Å²) < 4.78 is 5.46. The second-order valence-electron chi connectivity index (χ2n) is 4.46. The highest BCUT2D eigenvalue weighted by molar-refractivity contribution is 7.97. The zero-order chi connectivity index (χ0) is 12.4. The van der Waals surface area contributed by atoms with Crippen molar-refractivity contribution in [3.05, 3.63) is 36.4 Å². The third kappa shape index (κ3) is 2.08. The summed E-state index contributed by atoms with van der Waals surface area (Å²) in [6.07, 6.45) is 0. The van der Waals surface area contributed by atoms with E-state index in [-0.39, 0.29) is 0 Å². The molecule has 2 nitrogen and oxygen atoms in total. The molecule has 0 atom stereocenters. The molecule has 18 heavy (non-hydrogen) atoms. The Labute approximate surface area is 111 Å². The van der Waals surface area contributed by atoms with Gasteiger partial charge in [0, 0.05) is 34.8 Å². The maximum absolute atomic E-state index is 5.46. The highest BCUT2D eigenvalue weighted by Gasteiger charge is 2.27. The molecule has 0 spiro atoms. The Morgan fingerprint density at radius 1 is 1.00 bits per heavy atom. The average molecular weight is 260 g/mol. The summed E-state index contributed by atoms with van der Waals surface area (Å²) in [5.74, 6) is 3.50. The van der Waals surface area contributed by atoms with Gasteiger partial charge in [-0.3, -0.25) is 0 Å². The first-order valence-electron chi connectivity index (χ1n) is 6.34. The van der Waals surface area contributed by atoms with Gasteiger partial charge in [0.1, 0.15) is 17.3 Å². The molecule has 1 saturated heterocycles. The van der Waals surface area contributed by atoms with E-state index in [1.807, 2.05) is 0 Å². The Hall–Kier alpha value is -1.19. The zero-order valence-electron chi connectivity index (χ0n) is 10.6. The number of fused-ring (bicyclic) bond motifs is 1. The molecular weight excluding hydrogens is 242 g/mol. The van der Waals surface area contributed by atoms with Crippen LogP contribution >= 0.6 is 0 Å². The van der Waals surface area contributed by atoms with Crippen molar-refractivity contribution in [3.63, 3.8) is 0 Å². The van der Waals surface area contributed by atoms with E-state index in [9.17, 15) is 0 Å². The monoisotopic (exact) mass is 260 g/mol. The Bertz CT molecular complexity index is 549. The minimum Gasteiger partial charge on any atom is -0.496 e. The molecule has 3 heteroatoms. The minimum atomic E-state index is 0.389. The fraction of sp³-hybridized carbons (Fsp3) is 0.333. The van der Waals surface area contributed by atoms with Crippen LogP contribution < -0.4 is 10.1 Å². The molecule has 1 N–H and O–H groups in total. The van der Waals surface area contributed by atoms with Gasteiger partial charge in [0.2, 0.25) is 0 Å². The Morgan fingerprint density at radius 3 is 2.44 bits per heavy atom. The molecule has 2 aromatic carbocycles. The van der Waals surface area contributed by atoms with Crippen LogP contribution in [0.5, 0.6) is 5.75 Å². The summed E-state index contributed by atoms with van der Waals surface area (Å²) in [6.45, 7) is 2.28. The van der Waals surface area contributed by atoms with Crippen LogP contribution in [-0.2, 0) is 10.9 Å². The number of methoxy groups -OCH3 is 1. The maximum Gasteiger partial charge on any atom is 0.163 e. The van der Waals surface area contributed by atoms with Crippen molar-refractivity contribution < 1.29 is 4.74 Å². The summed E-state index contributed by atoms with van der Waals surface area (Å²) in [5.41, 5.74) is 0. The van der Waals surface area contributed by atoms with Crippen molar-refractivity contribution in [2.45, 2.75) is 4.90 Å². The predicted molar refractivity (Wildman–Crippen MR) is 78.7 cm³/mol. The number of rotatable bonds is 2. The van der Waals surface area contributed by atoms with Gasteiger partial charge in [-0.15, -0.1) is 0 Å². The molecule has 1 aliphatic heterocycles. The molecule has 1 fully saturated rings. The Kier molecular flexibility index (Phi) is 3.43. The van der Waals surface area contributed by atoms with E-state index < -0.39 is 0 Å². The van der Waals surface area contributed by atoms with E-state index >= 15 is 0 Å². The third-order valence-electron chi connectivity index (χ3n) is 3.43. The number of hydrogen-bond donors (Lipinski definition) is 1. The van der Waals surface area contributed by atoms with Gasteiger partial charge < -0.3 is 10.1 Å². The molecule has 0 aromatic heterocycles. The van der Waals surface area contributed by atoms with Crippen molar-refractivity contribution in [1.29, 1.82) is 0 Å². The smallest absolute Gasteiger partial charge is 0.163 e. The minimum absolute atomic E-state index is 0.389. The number of ether oxygens (including phenoxy) is 1. The van der Waals surface area contributed by atoms with Crippen molar-refractivity contribution in [2.75, 3.05) is 31.7 Å². The number of nitrogens with one attached hydrogen (secondary N) is 1. The summed E-state index contributed by atoms with van der Waals surface area (Å²) >= 11 is 0. The molecule has 2 aromatic rings. The second kappa shape index (κ2) is 5.21. The molecule has 0 saturated carbocycles. The van der Waals surface area contributed by atoms with Gasteiger partial charge in [0.15, 0.2) is 4.90 Å². The van der Waals surface area contributed by atoms with E-state index in [0.29, 0.717) is 10.9 Å². The molecular formula is C15H18NOS+. The van der Waals surface area contributed by atoms with Crippen molar-refractivity contribution in [2.24, 2.45) is 0 Å². The summed E-state index contributed by atoms with van der Waals surface area (Å²) in [4.78, 5) is 1.51. The standard InChI is InChI=1S/C15H18NOS/c1-17-14-6-7-15(18-10-8-16-9-11-18)13-5-3-2-4-12(13)14/h2-7,16H,8-11H2,1H3/q+1. The van der Waals surface area contributed by atoms with Crippen LogP contribution in [0.15, 0.2) is 41.3 Å². The van der Waals surface area contributed by atoms with Gasteiger partial charge in [-0.05, 0) is 18.2 Å². The lowest BCUT2D eigenvalue weighted by Gasteiger charge is -2.16. The van der Waals surface area contributed by atoms with E-state index in [2.05, 4.69) is 41.7 Å². The van der Waals surface area contributed by atoms with E-state index in [1.165, 1.54) is 27.2 Å². The largest absolute Gasteiger partial charge is 0.496 e. The third-order valence-corrected chi connectivity index (χ3v) is 5.80. The molecule has 1 aliphatic rings. The average Bonchev–Trinajstić information content (AvgIpc) is 2.47. The molecule has 1 heterocycles. The van der Waals surface area contributed by atoms with Gasteiger partial charge in [0.25, 0.3) is 0 Å². The van der Waals surface area contributed by atoms with E-state index in [0.717, 1.165) is 18.8 Å². The van der Waals surface area contributed by atoms with Crippen LogP contribution in [0.25, 0.3) is 10.8 Å². The van der Waals surface area contributed by atoms with Gasteiger partial charge >= 0.3 is 0 Å². The Balaban J connectivity index is 2.12. The normalized spacial score (nSPS) is 16.9. The fourth-order valence-corrected chi connectivity index (χ4v) is 4.69. The number of benzene rings is 2. The fourth-order valence-electron chi connectivity index (χ4n) is 2.51. The molecule has 0 unspecified atom stereocenters. The van der Waals surface area contributed by atoms with Crippen molar-refractivity contribution in [1.82, 2.24) is 5.32 Å². The van der Waals surface area contributed by atoms with Crippen molar-refractivity contribution in [3.8, 4) is 5.75 Å². The lowest BCUT2D eigenvalue weighted by atomic mass is 10.1. The van der Waals surface area contributed by atoms with Crippen LogP contribution in [-0.4, -0.2) is 31.7 Å². The van der Waals surface area contributed by atoms with Crippen LogP contribution in [0, 0.1) is 0 Å². The highest BCUT2D eigenvalue weighted by Crippen LogP contribution is 2.32. The lowest BCUT2D eigenvalue weighted by Crippen LogP contribution is -2.36. The lowest BCUT2D eigenvalue weighted by molar-refractivity contribution is 0.419. The predicted octanol–water partition coefficient (Wildman–Crippen LogP) is 2.43. The van der Waals surface area contributed by atoms with Crippen LogP contribution in [0.4, 0.5) is 0 Å². The van der Waals surface area contributed by atoms with Crippen molar-refractivity contribution >= 4 is 21.7 Å². The van der Waals surface area contributed by atoms with E-state index in [4.69, 9.17) is 4.74 Å². The number of hydrogen-bond acceptors (Lipinski definition) is 2. The molecule has 94 valence electrons. The SMILES string of the molecule is COc1ccc([S+]2CCNCC2)c2ccccc12. The highest BCUT2D eigenvalue weighted by atomic mass is 32.2. The molecule has 0 amide bonds. The quantitative estimate of drug-likeness (QED) is 0.837. The Morgan fingerprint density at radius 2 is 1.72 bits per heavy atom. The van der Waals surface area contributed by atoms with Gasteiger partial charge in [0.05, 0.1) is 7.11 Å². The van der Waals surface area contributed by atoms with Crippen LogP contribution in [0.1, 0.15) is 0 Å². The first-order chi connectivity index (χ1) is 8.90. The maximum atomic E-state index is 5.46. The van der Waals surface area contributed by atoms with Gasteiger partial charge in [-0.2, -0.15) is 0 Å². The van der Waals surface area contributed by atoms with E-state index in [1.54, 1.807) is 7.11 Å². The molecule has 0 bridgehead atoms. The summed E-state index contributed by atoms with van der Waals surface area (Å²) in [7, 11) is 2.13. The molecule has 0 radical (unpaired) electrons. The summed E-state index contributed by atoms with van der Waals surface area (Å²) in [6, 6.07) is 13.0. The first-order valence-corrected chi connectivity index (χ1v) is 7.90. The first kappa shape index (κ1) is 11.9. The topological polar surface area (TPSA) is 21.3 Å². The van der Waals surface area contributed by atoms with Crippen LogP contribution in [0.3, 0.4) is 0 Å². The second-order valence-corrected chi connectivity index (χ2v) is 6.70. The van der Waals surface area contributed by atoms with Gasteiger partial charge in [-0.1, -0.05) is 18.2 Å². The summed E-state index contributed by atoms with van der Waals surface area (Å²) in [5, 5.41) is 6.04. The zero-order valence-corrected chi connectivity index (χ0v) is 11.4.